The van der Waals surface area contributed by atoms with Crippen LogP contribution in [0.3, 0.4) is 0 Å². The maximum atomic E-state index is 12.7. The number of nitro benzene ring substituents is 1. The third-order valence-corrected chi connectivity index (χ3v) is 4.08. The van der Waals surface area contributed by atoms with E-state index in [2.05, 4.69) is 10.5 Å². The Balaban J connectivity index is 2.39. The third kappa shape index (κ3) is 4.80. The van der Waals surface area contributed by atoms with E-state index in [0.717, 1.165) is 12.1 Å². The molecule has 12 heteroatoms. The van der Waals surface area contributed by atoms with Crippen molar-refractivity contribution in [3.63, 3.8) is 0 Å². The highest BCUT2D eigenvalue weighted by Gasteiger charge is 2.32. The van der Waals surface area contributed by atoms with Gasteiger partial charge in [-0.3, -0.25) is 15.5 Å². The summed E-state index contributed by atoms with van der Waals surface area (Å²) in [6, 6.07) is 6.37. The second kappa shape index (κ2) is 8.00. The summed E-state index contributed by atoms with van der Waals surface area (Å²) in [7, 11) is 0. The van der Waals surface area contributed by atoms with Gasteiger partial charge >= 0.3 is 6.18 Å². The number of nitro groups is 1. The van der Waals surface area contributed by atoms with Crippen LogP contribution >= 0.6 is 34.8 Å². The molecule has 0 atom stereocenters. The molecule has 2 rings (SSSR count). The monoisotopic (exact) mass is 436 g/mol. The van der Waals surface area contributed by atoms with Gasteiger partial charge in [0.05, 0.1) is 31.2 Å². The minimum absolute atomic E-state index is 0.0661. The molecule has 0 saturated heterocycles. The van der Waals surface area contributed by atoms with Gasteiger partial charge in [0.25, 0.3) is 5.69 Å². The van der Waals surface area contributed by atoms with E-state index in [1.807, 2.05) is 0 Å². The second-order valence-electron chi connectivity index (χ2n) is 4.92. The van der Waals surface area contributed by atoms with Gasteiger partial charge in [-0.1, -0.05) is 34.8 Å². The van der Waals surface area contributed by atoms with E-state index in [9.17, 15) is 28.5 Å². The minimum Gasteiger partial charge on any atom is -0.274 e. The molecule has 1 N–H and O–H groups in total. The Morgan fingerprint density at radius 1 is 1.15 bits per heavy atom. The van der Waals surface area contributed by atoms with Crippen molar-refractivity contribution in [1.82, 2.24) is 0 Å². The molecule has 0 unspecified atom stereocenters. The molecule has 27 heavy (non-hydrogen) atoms. The molecule has 6 nitrogen and oxygen atoms in total. The lowest BCUT2D eigenvalue weighted by molar-refractivity contribution is -0.384. The van der Waals surface area contributed by atoms with Gasteiger partial charge in [0.15, 0.2) is 5.71 Å². The van der Waals surface area contributed by atoms with Gasteiger partial charge in [-0.05, 0) is 18.2 Å². The lowest BCUT2D eigenvalue weighted by Crippen LogP contribution is -2.07. The Kier molecular flexibility index (Phi) is 6.15. The molecule has 2 aromatic carbocycles. The number of nitriles is 1. The predicted molar refractivity (Wildman–Crippen MR) is 95.3 cm³/mol. The number of hydrazone groups is 1. The van der Waals surface area contributed by atoms with Crippen molar-refractivity contribution in [1.29, 1.82) is 5.26 Å². The van der Waals surface area contributed by atoms with E-state index in [0.29, 0.717) is 12.1 Å². The maximum absolute atomic E-state index is 12.7. The average molecular weight is 438 g/mol. The lowest BCUT2D eigenvalue weighted by Gasteiger charge is -2.12. The Labute approximate surface area is 164 Å². The van der Waals surface area contributed by atoms with Crippen LogP contribution < -0.4 is 5.43 Å². The SMILES string of the molecule is N#C/C(=N\Nc1c(Cl)cc(C(F)(F)F)cc1Cl)c1ccc([N+](=O)[O-])cc1Cl. The summed E-state index contributed by atoms with van der Waals surface area (Å²) < 4.78 is 38.2. The Bertz CT molecular complexity index is 964. The van der Waals surface area contributed by atoms with Gasteiger partial charge in [-0.25, -0.2) is 0 Å². The summed E-state index contributed by atoms with van der Waals surface area (Å²) in [5.74, 6) is 0. The highest BCUT2D eigenvalue weighted by Crippen LogP contribution is 2.38. The van der Waals surface area contributed by atoms with Crippen LogP contribution in [0.1, 0.15) is 11.1 Å². The molecule has 0 aromatic heterocycles. The van der Waals surface area contributed by atoms with E-state index >= 15 is 0 Å². The average Bonchev–Trinajstić information content (AvgIpc) is 2.57. The molecular formula is C15H6Cl3F3N4O2. The minimum atomic E-state index is -4.64. The van der Waals surface area contributed by atoms with E-state index in [1.165, 1.54) is 6.07 Å². The number of hydrogen-bond donors (Lipinski definition) is 1. The highest BCUT2D eigenvalue weighted by atomic mass is 35.5. The normalized spacial score (nSPS) is 11.8. The number of benzene rings is 2. The second-order valence-corrected chi connectivity index (χ2v) is 6.14. The molecule has 0 radical (unpaired) electrons. The zero-order valence-corrected chi connectivity index (χ0v) is 15.1. The number of nitrogens with zero attached hydrogens (tertiary/aromatic N) is 3. The summed E-state index contributed by atoms with van der Waals surface area (Å²) in [5.41, 5.74) is 0.597. The molecule has 0 fully saturated rings. The molecule has 140 valence electrons. The summed E-state index contributed by atoms with van der Waals surface area (Å²) in [6.07, 6.45) is -4.64. The fourth-order valence-corrected chi connectivity index (χ4v) is 2.75. The summed E-state index contributed by atoms with van der Waals surface area (Å²) in [4.78, 5) is 10.0. The number of anilines is 1. The number of non-ortho nitro benzene ring substituents is 1. The van der Waals surface area contributed by atoms with Crippen LogP contribution in [0.15, 0.2) is 35.4 Å². The molecule has 0 heterocycles. The van der Waals surface area contributed by atoms with Crippen LogP contribution in [0, 0.1) is 21.4 Å². The number of rotatable bonds is 4. The fraction of sp³-hybridized carbons (Fsp3) is 0.0667. The van der Waals surface area contributed by atoms with Crippen LogP contribution in [0.5, 0.6) is 0 Å². The first-order chi connectivity index (χ1) is 12.5. The Morgan fingerprint density at radius 2 is 1.74 bits per heavy atom. The van der Waals surface area contributed by atoms with Crippen molar-refractivity contribution >= 4 is 51.9 Å². The van der Waals surface area contributed by atoms with Gasteiger partial charge in [0.1, 0.15) is 6.07 Å². The zero-order valence-electron chi connectivity index (χ0n) is 12.8. The van der Waals surface area contributed by atoms with Crippen LogP contribution in [0.4, 0.5) is 24.5 Å². The van der Waals surface area contributed by atoms with Gasteiger partial charge in [-0.2, -0.15) is 23.5 Å². The van der Waals surface area contributed by atoms with E-state index in [4.69, 9.17) is 34.8 Å². The smallest absolute Gasteiger partial charge is 0.274 e. The molecule has 0 bridgehead atoms. The topological polar surface area (TPSA) is 91.3 Å². The summed E-state index contributed by atoms with van der Waals surface area (Å²) in [6.45, 7) is 0. The van der Waals surface area contributed by atoms with Gasteiger partial charge in [0.2, 0.25) is 0 Å². The largest absolute Gasteiger partial charge is 0.416 e. The van der Waals surface area contributed by atoms with Crippen molar-refractivity contribution in [2.45, 2.75) is 6.18 Å². The number of alkyl halides is 3. The molecule has 0 aliphatic rings. The van der Waals surface area contributed by atoms with E-state index in [1.54, 1.807) is 6.07 Å². The maximum Gasteiger partial charge on any atom is 0.416 e. The fourth-order valence-electron chi connectivity index (χ4n) is 1.91. The lowest BCUT2D eigenvalue weighted by atomic mass is 10.1. The van der Waals surface area contributed by atoms with Crippen LogP contribution in [0.2, 0.25) is 15.1 Å². The quantitative estimate of drug-likeness (QED) is 0.365. The third-order valence-electron chi connectivity index (χ3n) is 3.17. The molecule has 2 aromatic rings. The van der Waals surface area contributed by atoms with Crippen molar-refractivity contribution in [2.24, 2.45) is 5.10 Å². The van der Waals surface area contributed by atoms with Crippen LogP contribution in [0.25, 0.3) is 0 Å². The van der Waals surface area contributed by atoms with Crippen LogP contribution in [-0.2, 0) is 6.18 Å². The zero-order chi connectivity index (χ0) is 20.4. The van der Waals surface area contributed by atoms with Gasteiger partial charge in [-0.15, -0.1) is 0 Å². The molecule has 0 aliphatic carbocycles. The van der Waals surface area contributed by atoms with Crippen molar-refractivity contribution in [2.75, 3.05) is 5.43 Å². The molecule has 0 amide bonds. The van der Waals surface area contributed by atoms with Gasteiger partial charge in [0, 0.05) is 17.7 Å². The standard InChI is InChI=1S/C15H6Cl3F3N4O2/c16-10-5-8(25(26)27)1-2-9(10)13(6-22)23-24-14-11(17)3-7(4-12(14)18)15(19,20)21/h1-5,24H/b23-13+. The van der Waals surface area contributed by atoms with Gasteiger partial charge < -0.3 is 0 Å². The molecule has 0 spiro atoms. The van der Waals surface area contributed by atoms with Crippen molar-refractivity contribution < 1.29 is 18.1 Å². The first kappa shape index (κ1) is 20.8. The first-order valence-electron chi connectivity index (χ1n) is 6.79. The summed E-state index contributed by atoms with van der Waals surface area (Å²) in [5, 5.41) is 22.8. The Hall–Kier alpha value is -2.54. The van der Waals surface area contributed by atoms with E-state index in [-0.39, 0.29) is 37.7 Å². The van der Waals surface area contributed by atoms with Crippen LogP contribution in [-0.4, -0.2) is 10.6 Å². The van der Waals surface area contributed by atoms with Crippen molar-refractivity contribution in [3.8, 4) is 6.07 Å². The molecule has 0 saturated carbocycles. The first-order valence-corrected chi connectivity index (χ1v) is 7.92. The summed E-state index contributed by atoms with van der Waals surface area (Å²) >= 11 is 17.5. The molecule has 0 aliphatic heterocycles. The number of hydrogen-bond acceptors (Lipinski definition) is 5. The van der Waals surface area contributed by atoms with E-state index < -0.39 is 16.7 Å². The predicted octanol–water partition coefficient (Wildman–Crippen LogP) is 5.91. The number of nitrogens with one attached hydrogen (secondary N) is 1. The Morgan fingerprint density at radius 3 is 2.19 bits per heavy atom. The number of halogens is 6. The van der Waals surface area contributed by atoms with Crippen molar-refractivity contribution in [3.05, 3.63) is 66.6 Å². The molecular weight excluding hydrogens is 432 g/mol. The highest BCUT2D eigenvalue weighted by molar-refractivity contribution is 6.39.